The lowest BCUT2D eigenvalue weighted by Crippen LogP contribution is -2.57. The highest BCUT2D eigenvalue weighted by Gasteiger charge is 2.46. The Balaban J connectivity index is 1.97. The minimum Gasteiger partial charge on any atom is -0.383 e. The first-order valence-electron chi connectivity index (χ1n) is 5.64. The van der Waals surface area contributed by atoms with Crippen LogP contribution in [-0.4, -0.2) is 34.6 Å². The van der Waals surface area contributed by atoms with Crippen LogP contribution in [0.5, 0.6) is 0 Å². The Morgan fingerprint density at radius 1 is 1.40 bits per heavy atom. The third kappa shape index (κ3) is 1.38. The van der Waals surface area contributed by atoms with Crippen LogP contribution in [0.1, 0.15) is 18.4 Å². The minimum atomic E-state index is -0.648. The van der Waals surface area contributed by atoms with Crippen molar-refractivity contribution in [3.05, 3.63) is 30.1 Å². The highest BCUT2D eigenvalue weighted by atomic mass is 16.3. The van der Waals surface area contributed by atoms with Crippen LogP contribution in [0.3, 0.4) is 0 Å². The molecule has 1 N–H and O–H groups in total. The van der Waals surface area contributed by atoms with E-state index in [1.165, 1.54) is 0 Å². The molecule has 4 rings (SSSR count). The van der Waals surface area contributed by atoms with E-state index in [1.807, 2.05) is 18.3 Å². The summed E-state index contributed by atoms with van der Waals surface area (Å²) >= 11 is 0. The van der Waals surface area contributed by atoms with Gasteiger partial charge in [-0.3, -0.25) is 4.98 Å². The van der Waals surface area contributed by atoms with E-state index in [0.29, 0.717) is 5.92 Å². The lowest BCUT2D eigenvalue weighted by Gasteiger charge is -2.50. The summed E-state index contributed by atoms with van der Waals surface area (Å²) in [7, 11) is 0. The van der Waals surface area contributed by atoms with Gasteiger partial charge in [-0.15, -0.1) is 0 Å². The van der Waals surface area contributed by atoms with E-state index in [4.69, 9.17) is 0 Å². The zero-order chi connectivity index (χ0) is 10.3. The Kier molecular flexibility index (Phi) is 2.04. The second-order valence-electron chi connectivity index (χ2n) is 4.72. The third-order valence-corrected chi connectivity index (χ3v) is 3.89. The van der Waals surface area contributed by atoms with E-state index in [-0.39, 0.29) is 0 Å². The molecule has 3 saturated heterocycles. The number of fused-ring (bicyclic) bond motifs is 3. The van der Waals surface area contributed by atoms with E-state index >= 15 is 0 Å². The molecule has 1 aromatic heterocycles. The molecule has 4 heterocycles. The molecule has 0 aliphatic carbocycles. The van der Waals surface area contributed by atoms with Gasteiger partial charge in [0.15, 0.2) is 0 Å². The molecule has 3 heteroatoms. The molecule has 0 unspecified atom stereocenters. The van der Waals surface area contributed by atoms with Crippen molar-refractivity contribution < 1.29 is 5.11 Å². The molecule has 1 aromatic rings. The average molecular weight is 204 g/mol. The van der Waals surface area contributed by atoms with Crippen molar-refractivity contribution in [3.8, 4) is 0 Å². The van der Waals surface area contributed by atoms with Gasteiger partial charge in [0.2, 0.25) is 0 Å². The number of piperidine rings is 3. The molecule has 0 saturated carbocycles. The van der Waals surface area contributed by atoms with Gasteiger partial charge in [-0.2, -0.15) is 0 Å². The fourth-order valence-corrected chi connectivity index (χ4v) is 2.98. The summed E-state index contributed by atoms with van der Waals surface area (Å²) in [6.45, 7) is 3.07. The summed E-state index contributed by atoms with van der Waals surface area (Å²) in [4.78, 5) is 6.46. The zero-order valence-electron chi connectivity index (χ0n) is 8.76. The van der Waals surface area contributed by atoms with Crippen molar-refractivity contribution in [2.45, 2.75) is 18.4 Å². The molecule has 0 spiro atoms. The van der Waals surface area contributed by atoms with Gasteiger partial charge in [0.1, 0.15) is 5.60 Å². The summed E-state index contributed by atoms with van der Waals surface area (Å²) in [6.07, 6.45) is 5.80. The van der Waals surface area contributed by atoms with Crippen LogP contribution >= 0.6 is 0 Å². The second kappa shape index (κ2) is 3.29. The molecule has 2 bridgehead atoms. The molecular formula is C12H16N2O. The topological polar surface area (TPSA) is 36.4 Å². The molecule has 3 aliphatic rings. The standard InChI is InChI=1S/C12H16N2O/c15-12(11-2-1-5-13-8-11)9-14-6-3-10(12)4-7-14/h1-2,5,8,10,15H,3-4,6-7,9H2/t12-/m0/s1. The van der Waals surface area contributed by atoms with Crippen LogP contribution in [0, 0.1) is 5.92 Å². The van der Waals surface area contributed by atoms with Gasteiger partial charge in [-0.05, 0) is 37.9 Å². The molecular weight excluding hydrogens is 188 g/mol. The Bertz CT molecular complexity index is 346. The predicted molar refractivity (Wildman–Crippen MR) is 57.3 cm³/mol. The summed E-state index contributed by atoms with van der Waals surface area (Å²) < 4.78 is 0. The normalized spacial score (nSPS) is 39.3. The Labute approximate surface area is 89.7 Å². The zero-order valence-corrected chi connectivity index (χ0v) is 8.76. The van der Waals surface area contributed by atoms with Crippen LogP contribution in [0.4, 0.5) is 0 Å². The van der Waals surface area contributed by atoms with Gasteiger partial charge in [0, 0.05) is 24.5 Å². The van der Waals surface area contributed by atoms with Gasteiger partial charge in [-0.25, -0.2) is 0 Å². The summed E-state index contributed by atoms with van der Waals surface area (Å²) in [5.74, 6) is 0.423. The number of hydrogen-bond donors (Lipinski definition) is 1. The van der Waals surface area contributed by atoms with Gasteiger partial charge in [0.25, 0.3) is 0 Å². The van der Waals surface area contributed by atoms with Crippen molar-refractivity contribution in [2.75, 3.05) is 19.6 Å². The highest BCUT2D eigenvalue weighted by molar-refractivity contribution is 5.22. The number of pyridine rings is 1. The molecule has 15 heavy (non-hydrogen) atoms. The van der Waals surface area contributed by atoms with E-state index in [2.05, 4.69) is 9.88 Å². The number of aliphatic hydroxyl groups is 1. The van der Waals surface area contributed by atoms with E-state index in [0.717, 1.165) is 38.0 Å². The Morgan fingerprint density at radius 3 is 2.73 bits per heavy atom. The van der Waals surface area contributed by atoms with Gasteiger partial charge >= 0.3 is 0 Å². The fraction of sp³-hybridized carbons (Fsp3) is 0.583. The smallest absolute Gasteiger partial charge is 0.107 e. The summed E-state index contributed by atoms with van der Waals surface area (Å²) in [5, 5.41) is 10.8. The molecule has 0 radical (unpaired) electrons. The van der Waals surface area contributed by atoms with E-state index in [1.54, 1.807) is 6.20 Å². The van der Waals surface area contributed by atoms with Crippen LogP contribution in [-0.2, 0) is 5.60 Å². The maximum Gasteiger partial charge on any atom is 0.107 e. The molecule has 0 aromatic carbocycles. The lowest BCUT2D eigenvalue weighted by molar-refractivity contribution is -0.118. The van der Waals surface area contributed by atoms with E-state index in [9.17, 15) is 5.11 Å². The summed E-state index contributed by atoms with van der Waals surface area (Å²) in [5.41, 5.74) is 0.338. The predicted octanol–water partition coefficient (Wildman–Crippen LogP) is 0.995. The van der Waals surface area contributed by atoms with Crippen molar-refractivity contribution >= 4 is 0 Å². The molecule has 3 fully saturated rings. The van der Waals surface area contributed by atoms with E-state index < -0.39 is 5.60 Å². The Morgan fingerprint density at radius 2 is 2.20 bits per heavy atom. The molecule has 1 atom stereocenters. The SMILES string of the molecule is O[C@@]1(c2cccnc2)CN2CCC1CC2. The van der Waals surface area contributed by atoms with Crippen LogP contribution in [0.15, 0.2) is 24.5 Å². The number of rotatable bonds is 1. The quantitative estimate of drug-likeness (QED) is 0.741. The first-order chi connectivity index (χ1) is 7.29. The summed E-state index contributed by atoms with van der Waals surface area (Å²) in [6, 6.07) is 3.90. The number of hydrogen-bond acceptors (Lipinski definition) is 3. The first kappa shape index (κ1) is 9.31. The Hall–Kier alpha value is -0.930. The molecule has 3 aliphatic heterocycles. The van der Waals surface area contributed by atoms with Gasteiger partial charge in [-0.1, -0.05) is 6.07 Å². The van der Waals surface area contributed by atoms with Crippen LogP contribution in [0.25, 0.3) is 0 Å². The van der Waals surface area contributed by atoms with Crippen molar-refractivity contribution in [2.24, 2.45) is 5.92 Å². The third-order valence-electron chi connectivity index (χ3n) is 3.89. The maximum absolute atomic E-state index is 10.8. The highest BCUT2D eigenvalue weighted by Crippen LogP contribution is 2.41. The van der Waals surface area contributed by atoms with Crippen molar-refractivity contribution in [1.29, 1.82) is 0 Å². The van der Waals surface area contributed by atoms with Crippen LogP contribution < -0.4 is 0 Å². The molecule has 80 valence electrons. The van der Waals surface area contributed by atoms with Gasteiger partial charge in [0.05, 0.1) is 0 Å². The maximum atomic E-state index is 10.8. The molecule has 3 nitrogen and oxygen atoms in total. The lowest BCUT2D eigenvalue weighted by atomic mass is 9.72. The second-order valence-corrected chi connectivity index (χ2v) is 4.72. The largest absolute Gasteiger partial charge is 0.383 e. The van der Waals surface area contributed by atoms with Gasteiger partial charge < -0.3 is 10.0 Å². The van der Waals surface area contributed by atoms with Crippen molar-refractivity contribution in [1.82, 2.24) is 9.88 Å². The van der Waals surface area contributed by atoms with Crippen LogP contribution in [0.2, 0.25) is 0 Å². The monoisotopic (exact) mass is 204 g/mol. The average Bonchev–Trinajstić information content (AvgIpc) is 2.31. The number of aromatic nitrogens is 1. The molecule has 0 amide bonds. The fourth-order valence-electron chi connectivity index (χ4n) is 2.98. The number of nitrogens with zero attached hydrogens (tertiary/aromatic N) is 2. The van der Waals surface area contributed by atoms with Crippen molar-refractivity contribution in [3.63, 3.8) is 0 Å². The first-order valence-corrected chi connectivity index (χ1v) is 5.64. The minimum absolute atomic E-state index is 0.423.